The molecule has 1 N–H and O–H groups in total. The molecule has 212 valence electrons. The molecule has 2 heterocycles. The van der Waals surface area contributed by atoms with Crippen LogP contribution in [-0.2, 0) is 21.4 Å². The summed E-state index contributed by atoms with van der Waals surface area (Å²) in [4.78, 5) is 30.2. The van der Waals surface area contributed by atoms with E-state index in [2.05, 4.69) is 31.9 Å². The summed E-state index contributed by atoms with van der Waals surface area (Å²) < 4.78 is 12.5. The summed E-state index contributed by atoms with van der Waals surface area (Å²) in [6.45, 7) is 9.08. The molecule has 1 spiro atoms. The summed E-state index contributed by atoms with van der Waals surface area (Å²) in [7, 11) is 2.09. The lowest BCUT2D eigenvalue weighted by Gasteiger charge is -2.64. The topological polar surface area (TPSA) is 79.3 Å². The maximum absolute atomic E-state index is 13.9. The number of carbonyl (C=O) groups excluding carboxylic acids is 2. The van der Waals surface area contributed by atoms with Gasteiger partial charge in [-0.15, -0.1) is 0 Å². The van der Waals surface area contributed by atoms with E-state index in [1.165, 1.54) is 6.92 Å². The van der Waals surface area contributed by atoms with Gasteiger partial charge < -0.3 is 24.4 Å². The Morgan fingerprint density at radius 2 is 2.05 bits per heavy atom. The number of esters is 1. The molecule has 0 unspecified atom stereocenters. The number of likely N-dealkylation sites (tertiary alicyclic amines) is 1. The zero-order valence-corrected chi connectivity index (χ0v) is 24.1. The molecule has 7 heteroatoms. The van der Waals surface area contributed by atoms with E-state index in [0.29, 0.717) is 43.7 Å². The molecular formula is C33H40N2O5. The van der Waals surface area contributed by atoms with E-state index in [1.54, 1.807) is 6.08 Å². The number of amides is 1. The van der Waals surface area contributed by atoms with Gasteiger partial charge in [0.25, 0.3) is 0 Å². The van der Waals surface area contributed by atoms with Gasteiger partial charge in [0.05, 0.1) is 17.1 Å². The molecule has 0 radical (unpaired) electrons. The Bertz CT molecular complexity index is 1380. The summed E-state index contributed by atoms with van der Waals surface area (Å²) in [5.41, 5.74) is 2.57. The van der Waals surface area contributed by atoms with Gasteiger partial charge in [0.1, 0.15) is 6.10 Å². The number of ether oxygens (including phenoxy) is 2. The van der Waals surface area contributed by atoms with Crippen molar-refractivity contribution >= 4 is 18.0 Å². The molecule has 2 bridgehead atoms. The van der Waals surface area contributed by atoms with Crippen molar-refractivity contribution in [2.75, 3.05) is 20.1 Å². The van der Waals surface area contributed by atoms with Crippen LogP contribution < -0.4 is 9.47 Å². The highest BCUT2D eigenvalue weighted by molar-refractivity contribution is 5.92. The number of aliphatic hydroxyl groups is 1. The first-order valence-electron chi connectivity index (χ1n) is 14.5. The number of piperidine rings is 1. The molecule has 0 aromatic heterocycles. The van der Waals surface area contributed by atoms with Gasteiger partial charge in [0.2, 0.25) is 5.91 Å². The number of benzene rings is 2. The normalized spacial score (nSPS) is 30.2. The largest absolute Gasteiger partial charge is 0.483 e. The fourth-order valence-electron chi connectivity index (χ4n) is 8.09. The Kier molecular flexibility index (Phi) is 6.58. The number of rotatable bonds is 6. The SMILES string of the molecule is CC(=O)Oc1ccc2c3c1O[C@H]1[C@H](N(CC(C)C)C(=O)C=Cc4cccc(C)c4)CC[C@@]4(O)[C@@H](C2)N(C)CC[C@]314. The zero-order valence-electron chi connectivity index (χ0n) is 24.1. The fraction of sp³-hybridized carbons (Fsp3) is 0.515. The van der Waals surface area contributed by atoms with Gasteiger partial charge in [-0.3, -0.25) is 9.59 Å². The van der Waals surface area contributed by atoms with Crippen LogP contribution in [-0.4, -0.2) is 70.7 Å². The van der Waals surface area contributed by atoms with Gasteiger partial charge in [-0.1, -0.05) is 49.7 Å². The van der Waals surface area contributed by atoms with Crippen LogP contribution in [0.3, 0.4) is 0 Å². The smallest absolute Gasteiger partial charge is 0.308 e. The van der Waals surface area contributed by atoms with Gasteiger partial charge in [-0.2, -0.15) is 0 Å². The van der Waals surface area contributed by atoms with Gasteiger partial charge in [-0.05, 0) is 75.4 Å². The number of hydrogen-bond donors (Lipinski definition) is 1. The molecule has 5 atom stereocenters. The van der Waals surface area contributed by atoms with Crippen molar-refractivity contribution < 1.29 is 24.2 Å². The second kappa shape index (κ2) is 9.74. The van der Waals surface area contributed by atoms with Crippen LogP contribution >= 0.6 is 0 Å². The Balaban J connectivity index is 1.44. The summed E-state index contributed by atoms with van der Waals surface area (Å²) in [6.07, 6.45) is 5.75. The van der Waals surface area contributed by atoms with Crippen LogP contribution in [0.4, 0.5) is 0 Å². The molecule has 1 saturated carbocycles. The van der Waals surface area contributed by atoms with Gasteiger partial charge in [0, 0.05) is 31.1 Å². The third-order valence-corrected chi connectivity index (χ3v) is 9.64. The van der Waals surface area contributed by atoms with Crippen molar-refractivity contribution in [3.63, 3.8) is 0 Å². The molecule has 40 heavy (non-hydrogen) atoms. The average Bonchev–Trinajstić information content (AvgIpc) is 3.25. The lowest BCUT2D eigenvalue weighted by atomic mass is 9.48. The monoisotopic (exact) mass is 544 g/mol. The van der Waals surface area contributed by atoms with Crippen molar-refractivity contribution in [1.29, 1.82) is 0 Å². The summed E-state index contributed by atoms with van der Waals surface area (Å²) in [6, 6.07) is 11.7. The first-order chi connectivity index (χ1) is 19.0. The van der Waals surface area contributed by atoms with Crippen LogP contribution in [0.25, 0.3) is 6.08 Å². The van der Waals surface area contributed by atoms with Crippen molar-refractivity contribution in [3.05, 3.63) is 64.7 Å². The molecule has 2 aromatic rings. The predicted octanol–water partition coefficient (Wildman–Crippen LogP) is 4.27. The van der Waals surface area contributed by atoms with Crippen LogP contribution in [0.5, 0.6) is 11.5 Å². The van der Waals surface area contributed by atoms with Gasteiger partial charge in [0.15, 0.2) is 11.5 Å². The summed E-state index contributed by atoms with van der Waals surface area (Å²) in [5.74, 6) is 0.756. The summed E-state index contributed by atoms with van der Waals surface area (Å²) >= 11 is 0. The molecule has 4 aliphatic rings. The number of carbonyl (C=O) groups is 2. The minimum absolute atomic E-state index is 0.0400. The fourth-order valence-corrected chi connectivity index (χ4v) is 8.09. The Morgan fingerprint density at radius 1 is 1.25 bits per heavy atom. The van der Waals surface area contributed by atoms with Gasteiger partial charge in [-0.25, -0.2) is 0 Å². The van der Waals surface area contributed by atoms with E-state index < -0.39 is 23.1 Å². The molecule has 2 aromatic carbocycles. The number of hydrogen-bond acceptors (Lipinski definition) is 6. The van der Waals surface area contributed by atoms with E-state index in [-0.39, 0.29) is 23.9 Å². The van der Waals surface area contributed by atoms with Crippen molar-refractivity contribution in [1.82, 2.24) is 9.80 Å². The molecule has 1 amide bonds. The van der Waals surface area contributed by atoms with Crippen LogP contribution in [0.15, 0.2) is 42.5 Å². The minimum atomic E-state index is -1.00. The van der Waals surface area contributed by atoms with Gasteiger partial charge >= 0.3 is 5.97 Å². The zero-order chi connectivity index (χ0) is 28.4. The Hall–Kier alpha value is -3.16. The van der Waals surface area contributed by atoms with Crippen LogP contribution in [0.2, 0.25) is 0 Å². The average molecular weight is 545 g/mol. The lowest BCUT2D eigenvalue weighted by Crippen LogP contribution is -2.78. The number of aryl methyl sites for hydroxylation is 1. The minimum Gasteiger partial charge on any atom is -0.483 e. The molecule has 2 fully saturated rings. The maximum Gasteiger partial charge on any atom is 0.308 e. The van der Waals surface area contributed by atoms with E-state index in [9.17, 15) is 14.7 Å². The highest BCUT2D eigenvalue weighted by Crippen LogP contribution is 2.65. The van der Waals surface area contributed by atoms with Crippen LogP contribution in [0.1, 0.15) is 62.3 Å². The van der Waals surface area contributed by atoms with Crippen LogP contribution in [0, 0.1) is 12.8 Å². The maximum atomic E-state index is 13.9. The molecular weight excluding hydrogens is 504 g/mol. The lowest BCUT2D eigenvalue weighted by molar-refractivity contribution is -0.197. The predicted molar refractivity (Wildman–Crippen MR) is 153 cm³/mol. The van der Waals surface area contributed by atoms with E-state index in [0.717, 1.165) is 28.8 Å². The molecule has 2 aliphatic heterocycles. The van der Waals surface area contributed by atoms with Crippen molar-refractivity contribution in [3.8, 4) is 11.5 Å². The highest BCUT2D eigenvalue weighted by atomic mass is 16.6. The number of nitrogens with zero attached hydrogens (tertiary/aromatic N) is 2. The highest BCUT2D eigenvalue weighted by Gasteiger charge is 2.73. The van der Waals surface area contributed by atoms with Crippen molar-refractivity contribution in [2.24, 2.45) is 5.92 Å². The molecule has 6 rings (SSSR count). The Morgan fingerprint density at radius 3 is 2.77 bits per heavy atom. The second-order valence-corrected chi connectivity index (χ2v) is 12.6. The Labute approximate surface area is 236 Å². The first kappa shape index (κ1) is 27.0. The summed E-state index contributed by atoms with van der Waals surface area (Å²) in [5, 5.41) is 12.6. The standard InChI is InChI=1S/C33H40N2O5/c1-20(2)19-35(28(37)12-9-23-8-6-7-21(3)17-23)25-13-14-33(38)27-18-24-10-11-26(39-22(4)36)30-29(24)32(33,31(25)40-30)15-16-34(27)5/h6-12,17,20,25,27,31,38H,13-16,18-19H2,1-5H3/t25-,27-,31+,32+,33-/m1/s1. The molecule has 7 nitrogen and oxygen atoms in total. The second-order valence-electron chi connectivity index (χ2n) is 12.6. The van der Waals surface area contributed by atoms with E-state index in [4.69, 9.17) is 9.47 Å². The van der Waals surface area contributed by atoms with Crippen molar-refractivity contribution in [2.45, 2.75) is 82.6 Å². The van der Waals surface area contributed by atoms with E-state index >= 15 is 0 Å². The third-order valence-electron chi connectivity index (χ3n) is 9.64. The molecule has 1 saturated heterocycles. The molecule has 2 aliphatic carbocycles. The van der Waals surface area contributed by atoms with E-state index in [1.807, 2.05) is 48.2 Å². The third kappa shape index (κ3) is 4.00. The quantitative estimate of drug-likeness (QED) is 0.333. The first-order valence-corrected chi connectivity index (χ1v) is 14.5. The number of likely N-dealkylation sites (N-methyl/N-ethyl adjacent to an activating group) is 1.